The first-order valence-corrected chi connectivity index (χ1v) is 5.35. The van der Waals surface area contributed by atoms with E-state index in [1.54, 1.807) is 0 Å². The van der Waals surface area contributed by atoms with Crippen LogP contribution in [0.4, 0.5) is 0 Å². The maximum Gasteiger partial charge on any atom is 0.156 e. The molecule has 2 rings (SSSR count). The molecule has 0 spiro atoms. The number of rotatable bonds is 3. The SMILES string of the molecule is C1CSC(NCCC2CC2)=N1. The summed E-state index contributed by atoms with van der Waals surface area (Å²) in [5.41, 5.74) is 0. The predicted molar refractivity (Wildman–Crippen MR) is 50.1 cm³/mol. The number of hydrogen-bond donors (Lipinski definition) is 1. The summed E-state index contributed by atoms with van der Waals surface area (Å²) in [5, 5.41) is 4.54. The molecule has 2 aliphatic rings. The van der Waals surface area contributed by atoms with Crippen LogP contribution in [0.15, 0.2) is 4.99 Å². The van der Waals surface area contributed by atoms with E-state index in [2.05, 4.69) is 10.3 Å². The van der Waals surface area contributed by atoms with Crippen molar-refractivity contribution in [1.29, 1.82) is 0 Å². The summed E-state index contributed by atoms with van der Waals surface area (Å²) in [6.45, 7) is 2.15. The average molecular weight is 170 g/mol. The summed E-state index contributed by atoms with van der Waals surface area (Å²) >= 11 is 1.85. The highest BCUT2D eigenvalue weighted by molar-refractivity contribution is 8.14. The standard InChI is InChI=1S/C8H14N2S/c1-2-7(1)3-4-9-8-10-5-6-11-8/h7H,1-6H2,(H,9,10). The molecule has 0 amide bonds. The van der Waals surface area contributed by atoms with Gasteiger partial charge in [-0.2, -0.15) is 0 Å². The molecule has 0 atom stereocenters. The van der Waals surface area contributed by atoms with Crippen molar-refractivity contribution in [3.8, 4) is 0 Å². The molecule has 1 aliphatic heterocycles. The van der Waals surface area contributed by atoms with Crippen LogP contribution >= 0.6 is 11.8 Å². The van der Waals surface area contributed by atoms with E-state index in [1.807, 2.05) is 11.8 Å². The van der Waals surface area contributed by atoms with E-state index in [1.165, 1.54) is 30.2 Å². The van der Waals surface area contributed by atoms with Gasteiger partial charge < -0.3 is 5.32 Å². The Balaban J connectivity index is 1.57. The molecule has 0 radical (unpaired) electrons. The highest BCUT2D eigenvalue weighted by Gasteiger charge is 2.20. The van der Waals surface area contributed by atoms with Gasteiger partial charge in [0, 0.05) is 12.3 Å². The second-order valence-corrected chi connectivity index (χ2v) is 4.28. The fraction of sp³-hybridized carbons (Fsp3) is 0.875. The first-order chi connectivity index (χ1) is 5.45. The molecule has 0 bridgehead atoms. The van der Waals surface area contributed by atoms with Crippen molar-refractivity contribution in [1.82, 2.24) is 5.32 Å². The third kappa shape index (κ3) is 2.40. The minimum Gasteiger partial charge on any atom is -0.365 e. The lowest BCUT2D eigenvalue weighted by molar-refractivity contribution is 0.702. The Morgan fingerprint density at radius 1 is 1.55 bits per heavy atom. The summed E-state index contributed by atoms with van der Waals surface area (Å²) in [6, 6.07) is 0. The van der Waals surface area contributed by atoms with Crippen LogP contribution in [0.1, 0.15) is 19.3 Å². The first-order valence-electron chi connectivity index (χ1n) is 4.36. The zero-order valence-electron chi connectivity index (χ0n) is 6.68. The molecular weight excluding hydrogens is 156 g/mol. The van der Waals surface area contributed by atoms with E-state index in [9.17, 15) is 0 Å². The quantitative estimate of drug-likeness (QED) is 0.694. The largest absolute Gasteiger partial charge is 0.365 e. The van der Waals surface area contributed by atoms with E-state index in [-0.39, 0.29) is 0 Å². The lowest BCUT2D eigenvalue weighted by atomic mass is 10.3. The fourth-order valence-corrected chi connectivity index (χ4v) is 1.99. The number of amidine groups is 1. The predicted octanol–water partition coefficient (Wildman–Crippen LogP) is 1.48. The molecule has 0 aromatic heterocycles. The molecule has 1 aliphatic carbocycles. The van der Waals surface area contributed by atoms with E-state index >= 15 is 0 Å². The van der Waals surface area contributed by atoms with Crippen LogP contribution in [-0.2, 0) is 0 Å². The van der Waals surface area contributed by atoms with Crippen molar-refractivity contribution in [3.63, 3.8) is 0 Å². The second-order valence-electron chi connectivity index (χ2n) is 3.19. The zero-order valence-corrected chi connectivity index (χ0v) is 7.49. The maximum absolute atomic E-state index is 4.32. The Hall–Kier alpha value is -0.180. The second kappa shape index (κ2) is 3.48. The van der Waals surface area contributed by atoms with Gasteiger partial charge in [0.05, 0.1) is 6.54 Å². The summed E-state index contributed by atoms with van der Waals surface area (Å²) in [6.07, 6.45) is 4.27. The summed E-state index contributed by atoms with van der Waals surface area (Å²) in [5.74, 6) is 2.21. The van der Waals surface area contributed by atoms with Crippen molar-refractivity contribution in [2.75, 3.05) is 18.8 Å². The minimum absolute atomic E-state index is 1.01. The lowest BCUT2D eigenvalue weighted by Crippen LogP contribution is -2.20. The first kappa shape index (κ1) is 7.47. The monoisotopic (exact) mass is 170 g/mol. The molecule has 1 saturated carbocycles. The van der Waals surface area contributed by atoms with Crippen LogP contribution in [0.5, 0.6) is 0 Å². The highest BCUT2D eigenvalue weighted by Crippen LogP contribution is 2.31. The zero-order chi connectivity index (χ0) is 7.52. The summed E-state index contributed by atoms with van der Waals surface area (Å²) in [7, 11) is 0. The van der Waals surface area contributed by atoms with E-state index in [4.69, 9.17) is 0 Å². The fourth-order valence-electron chi connectivity index (χ4n) is 1.23. The van der Waals surface area contributed by atoms with Gasteiger partial charge in [0.25, 0.3) is 0 Å². The number of nitrogens with zero attached hydrogens (tertiary/aromatic N) is 1. The molecule has 2 nitrogen and oxygen atoms in total. The van der Waals surface area contributed by atoms with Gasteiger partial charge >= 0.3 is 0 Å². The molecule has 3 heteroatoms. The van der Waals surface area contributed by atoms with E-state index in [0.29, 0.717) is 0 Å². The molecule has 0 saturated heterocycles. The highest BCUT2D eigenvalue weighted by atomic mass is 32.2. The van der Waals surface area contributed by atoms with Crippen molar-refractivity contribution in [2.24, 2.45) is 10.9 Å². The third-order valence-electron chi connectivity index (χ3n) is 2.11. The molecule has 1 fully saturated rings. The van der Waals surface area contributed by atoms with E-state index < -0.39 is 0 Å². The average Bonchev–Trinajstić information content (AvgIpc) is 2.66. The van der Waals surface area contributed by atoms with Crippen molar-refractivity contribution in [3.05, 3.63) is 0 Å². The molecule has 0 aromatic rings. The van der Waals surface area contributed by atoms with Crippen LogP contribution in [0.2, 0.25) is 0 Å². The summed E-state index contributed by atoms with van der Waals surface area (Å²) < 4.78 is 0. The normalized spacial score (nSPS) is 23.5. The molecule has 11 heavy (non-hydrogen) atoms. The number of thioether (sulfide) groups is 1. The third-order valence-corrected chi connectivity index (χ3v) is 3.04. The molecule has 1 N–H and O–H groups in total. The van der Waals surface area contributed by atoms with Gasteiger partial charge in [-0.1, -0.05) is 24.6 Å². The molecule has 0 unspecified atom stereocenters. The van der Waals surface area contributed by atoms with Crippen LogP contribution in [-0.4, -0.2) is 24.0 Å². The molecule has 0 aromatic carbocycles. The Bertz CT molecular complexity index is 163. The van der Waals surface area contributed by atoms with Crippen molar-refractivity contribution in [2.45, 2.75) is 19.3 Å². The Kier molecular flexibility index (Phi) is 2.36. The summed E-state index contributed by atoms with van der Waals surface area (Å²) in [4.78, 5) is 4.32. The smallest absolute Gasteiger partial charge is 0.156 e. The minimum atomic E-state index is 1.01. The van der Waals surface area contributed by atoms with Crippen molar-refractivity contribution >= 4 is 16.9 Å². The Morgan fingerprint density at radius 3 is 3.09 bits per heavy atom. The van der Waals surface area contributed by atoms with Gasteiger partial charge in [-0.25, -0.2) is 0 Å². The van der Waals surface area contributed by atoms with Crippen LogP contribution in [0.25, 0.3) is 0 Å². The van der Waals surface area contributed by atoms with Gasteiger partial charge in [0.2, 0.25) is 0 Å². The Labute approximate surface area is 71.9 Å². The molecular formula is C8H14N2S. The van der Waals surface area contributed by atoms with Gasteiger partial charge in [-0.3, -0.25) is 4.99 Å². The van der Waals surface area contributed by atoms with Crippen molar-refractivity contribution < 1.29 is 0 Å². The van der Waals surface area contributed by atoms with Crippen LogP contribution in [0, 0.1) is 5.92 Å². The van der Waals surface area contributed by atoms with Crippen LogP contribution < -0.4 is 5.32 Å². The maximum atomic E-state index is 4.32. The van der Waals surface area contributed by atoms with Gasteiger partial charge in [-0.05, 0) is 12.3 Å². The topological polar surface area (TPSA) is 24.4 Å². The molecule has 1 heterocycles. The molecule has 62 valence electrons. The number of nitrogens with one attached hydrogen (secondary N) is 1. The van der Waals surface area contributed by atoms with Gasteiger partial charge in [0.1, 0.15) is 0 Å². The van der Waals surface area contributed by atoms with E-state index in [0.717, 1.165) is 19.0 Å². The lowest BCUT2D eigenvalue weighted by Gasteiger charge is -2.02. The Morgan fingerprint density at radius 2 is 2.45 bits per heavy atom. The number of hydrogen-bond acceptors (Lipinski definition) is 3. The van der Waals surface area contributed by atoms with Gasteiger partial charge in [0.15, 0.2) is 5.17 Å². The van der Waals surface area contributed by atoms with Gasteiger partial charge in [-0.15, -0.1) is 0 Å². The number of aliphatic imine (C=N–C) groups is 1. The van der Waals surface area contributed by atoms with Crippen LogP contribution in [0.3, 0.4) is 0 Å².